The van der Waals surface area contributed by atoms with E-state index in [0.717, 1.165) is 0 Å². The van der Waals surface area contributed by atoms with Gasteiger partial charge in [-0.25, -0.2) is 9.97 Å². The van der Waals surface area contributed by atoms with Crippen LogP contribution >= 0.6 is 24.8 Å². The molecule has 4 N–H and O–H groups in total. The fourth-order valence-corrected chi connectivity index (χ4v) is 0.708. The Hall–Kier alpha value is -1.54. The molecule has 0 bridgehead atoms. The molecule has 0 aliphatic rings. The Morgan fingerprint density at radius 2 is 1.11 bits per heavy atom. The van der Waals surface area contributed by atoms with Gasteiger partial charge in [-0.15, -0.1) is 24.8 Å². The molecule has 2 heterocycles. The third-order valence-electron chi connectivity index (χ3n) is 1.31. The second-order valence-corrected chi connectivity index (χ2v) is 2.53. The van der Waals surface area contributed by atoms with Gasteiger partial charge in [0.2, 0.25) is 0 Å². The Morgan fingerprint density at radius 3 is 1.26 bits per heavy atom. The summed E-state index contributed by atoms with van der Waals surface area (Å²) < 4.78 is 0. The first-order valence-electron chi connectivity index (χ1n) is 4.09. The summed E-state index contributed by atoms with van der Waals surface area (Å²) in [6.45, 7) is 0. The molecule has 0 saturated heterocycles. The molecule has 0 aliphatic heterocycles. The van der Waals surface area contributed by atoms with Gasteiger partial charge in [-0.3, -0.25) is 9.97 Å². The van der Waals surface area contributed by atoms with Gasteiger partial charge in [0.05, 0.1) is 12.0 Å². The largest absolute Gasteiger partial charge is 2.00 e. The minimum atomic E-state index is -0.537. The van der Waals surface area contributed by atoms with Crippen LogP contribution in [0.5, 0.6) is 12.0 Å². The van der Waals surface area contributed by atoms with Crippen molar-refractivity contribution in [3.8, 4) is 12.0 Å². The van der Waals surface area contributed by atoms with Crippen LogP contribution in [0.1, 0.15) is 0 Å². The van der Waals surface area contributed by atoms with Crippen molar-refractivity contribution in [1.29, 1.82) is 0 Å². The van der Waals surface area contributed by atoms with Crippen LogP contribution in [0.3, 0.4) is 0 Å². The number of halogens is 2. The van der Waals surface area contributed by atoms with Gasteiger partial charge in [-0.2, -0.15) is 0 Å². The molecule has 0 aliphatic carbocycles. The minimum Gasteiger partial charge on any atom is -0.844 e. The molecule has 0 fully saturated rings. The SMILES string of the molecule is Cl.Cl.Nc1ccnc([O-])n1.Nc1ccnc([O-])n1.[Cu+2]. The van der Waals surface area contributed by atoms with Crippen molar-refractivity contribution in [2.75, 3.05) is 11.5 Å². The van der Waals surface area contributed by atoms with Crippen molar-refractivity contribution in [2.45, 2.75) is 0 Å². The summed E-state index contributed by atoms with van der Waals surface area (Å²) in [5, 5.41) is 20.4. The first-order valence-corrected chi connectivity index (χ1v) is 4.09. The first-order chi connectivity index (χ1) is 7.58. The Morgan fingerprint density at radius 1 is 0.789 bits per heavy atom. The van der Waals surface area contributed by atoms with E-state index >= 15 is 0 Å². The van der Waals surface area contributed by atoms with Crippen molar-refractivity contribution in [3.05, 3.63) is 24.5 Å². The van der Waals surface area contributed by atoms with Gasteiger partial charge in [-0.1, -0.05) is 0 Å². The van der Waals surface area contributed by atoms with Gasteiger partial charge in [0.15, 0.2) is 0 Å². The molecule has 2 aromatic rings. The molecule has 0 spiro atoms. The molecule has 0 atom stereocenters. The van der Waals surface area contributed by atoms with E-state index in [2.05, 4.69) is 19.9 Å². The van der Waals surface area contributed by atoms with E-state index in [-0.39, 0.29) is 53.5 Å². The maximum atomic E-state index is 10.2. The molecule has 19 heavy (non-hydrogen) atoms. The topological polar surface area (TPSA) is 150 Å². The smallest absolute Gasteiger partial charge is 0.844 e. The van der Waals surface area contributed by atoms with Gasteiger partial charge in [-0.05, 0) is 12.1 Å². The predicted molar refractivity (Wildman–Crippen MR) is 66.3 cm³/mol. The number of nitrogens with two attached hydrogens (primary N) is 2. The summed E-state index contributed by atoms with van der Waals surface area (Å²) in [5.41, 5.74) is 10.2. The van der Waals surface area contributed by atoms with Crippen LogP contribution in [0, 0.1) is 0 Å². The number of aromatic nitrogens is 4. The van der Waals surface area contributed by atoms with E-state index in [0.29, 0.717) is 0 Å². The number of anilines is 2. The minimum absolute atomic E-state index is 0. The number of hydrogen-bond acceptors (Lipinski definition) is 8. The van der Waals surface area contributed by atoms with Crippen LogP contribution in [0.2, 0.25) is 0 Å². The molecular weight excluding hydrogens is 347 g/mol. The molecule has 11 heteroatoms. The van der Waals surface area contributed by atoms with Crippen LogP contribution in [-0.2, 0) is 17.1 Å². The maximum absolute atomic E-state index is 10.2. The Labute approximate surface area is 132 Å². The second kappa shape index (κ2) is 11.5. The molecule has 0 unspecified atom stereocenters. The van der Waals surface area contributed by atoms with Crippen LogP contribution in [0.4, 0.5) is 11.6 Å². The van der Waals surface area contributed by atoms with E-state index in [1.165, 1.54) is 24.5 Å². The van der Waals surface area contributed by atoms with E-state index in [1.54, 1.807) is 0 Å². The van der Waals surface area contributed by atoms with Crippen LogP contribution in [0.15, 0.2) is 24.5 Å². The zero-order valence-corrected chi connectivity index (χ0v) is 11.8. The van der Waals surface area contributed by atoms with Gasteiger partial charge < -0.3 is 21.7 Å². The molecule has 2 aromatic heterocycles. The molecule has 0 saturated carbocycles. The van der Waals surface area contributed by atoms with Crippen LogP contribution in [-0.4, -0.2) is 19.9 Å². The summed E-state index contributed by atoms with van der Waals surface area (Å²) in [6, 6.07) is 1.85. The zero-order valence-electron chi connectivity index (χ0n) is 9.19. The van der Waals surface area contributed by atoms with Gasteiger partial charge >= 0.3 is 17.1 Å². The van der Waals surface area contributed by atoms with E-state index in [1.807, 2.05) is 0 Å². The van der Waals surface area contributed by atoms with Crippen molar-refractivity contribution in [1.82, 2.24) is 19.9 Å². The van der Waals surface area contributed by atoms with Crippen LogP contribution < -0.4 is 21.7 Å². The average Bonchev–Trinajstić information content (AvgIpc) is 2.17. The Bertz CT molecular complexity index is 400. The number of nitrogens with zero attached hydrogens (tertiary/aromatic N) is 4. The summed E-state index contributed by atoms with van der Waals surface area (Å²) in [5.74, 6) is 0.426. The number of nitrogen functional groups attached to an aromatic ring is 2. The summed E-state index contributed by atoms with van der Waals surface area (Å²) in [4.78, 5) is 13.2. The number of rotatable bonds is 0. The summed E-state index contributed by atoms with van der Waals surface area (Å²) in [6.07, 6.45) is 2.65. The molecule has 0 amide bonds. The Kier molecular flexibility index (Phi) is 13.7. The summed E-state index contributed by atoms with van der Waals surface area (Å²) in [7, 11) is 0. The first kappa shape index (κ1) is 22.6. The van der Waals surface area contributed by atoms with E-state index in [4.69, 9.17) is 11.5 Å². The predicted octanol–water partition coefficient (Wildman–Crippen LogP) is -0.894. The van der Waals surface area contributed by atoms with Crippen molar-refractivity contribution >= 4 is 36.4 Å². The number of hydrogen-bond donors (Lipinski definition) is 2. The fraction of sp³-hybridized carbons (Fsp3) is 0. The van der Waals surface area contributed by atoms with Gasteiger partial charge in [0.1, 0.15) is 11.6 Å². The van der Waals surface area contributed by atoms with Gasteiger partial charge in [0.25, 0.3) is 0 Å². The molecule has 2 rings (SSSR count). The fourth-order valence-electron chi connectivity index (χ4n) is 0.708. The molecule has 0 aromatic carbocycles. The third-order valence-corrected chi connectivity index (χ3v) is 1.31. The van der Waals surface area contributed by atoms with Crippen molar-refractivity contribution in [3.63, 3.8) is 0 Å². The standard InChI is InChI=1S/2C4H5N3O.2ClH.Cu/c2*5-3-1-2-6-4(8)7-3;;;/h2*1-2H,(H3,5,6,7,8);2*1H;/q;;;;+2/p-2. The zero-order chi connectivity index (χ0) is 12.0. The van der Waals surface area contributed by atoms with Crippen molar-refractivity contribution in [2.24, 2.45) is 0 Å². The van der Waals surface area contributed by atoms with Crippen LogP contribution in [0.25, 0.3) is 0 Å². The van der Waals surface area contributed by atoms with E-state index < -0.39 is 12.0 Å². The third kappa shape index (κ3) is 10.1. The van der Waals surface area contributed by atoms with E-state index in [9.17, 15) is 10.2 Å². The maximum Gasteiger partial charge on any atom is 2.00 e. The van der Waals surface area contributed by atoms with Gasteiger partial charge in [0, 0.05) is 12.4 Å². The molecule has 8 nitrogen and oxygen atoms in total. The monoisotopic (exact) mass is 355 g/mol. The average molecular weight is 357 g/mol. The quantitative estimate of drug-likeness (QED) is 0.577. The Balaban J connectivity index is -0.000000233. The molecule has 109 valence electrons. The molecule has 1 radical (unpaired) electrons. The summed E-state index contributed by atoms with van der Waals surface area (Å²) >= 11 is 0. The molecular formula is C8H10Cl2CuN6O2. The second-order valence-electron chi connectivity index (χ2n) is 2.53. The normalized spacial score (nSPS) is 7.58. The van der Waals surface area contributed by atoms with Crippen molar-refractivity contribution < 1.29 is 27.3 Å².